The van der Waals surface area contributed by atoms with E-state index in [1.165, 1.54) is 12.1 Å². The minimum absolute atomic E-state index is 0.0150. The third kappa shape index (κ3) is 2.27. The highest BCUT2D eigenvalue weighted by Crippen LogP contribution is 2.29. The zero-order valence-electron chi connectivity index (χ0n) is 10.9. The Morgan fingerprint density at radius 1 is 1.50 bits per heavy atom. The molecule has 0 bridgehead atoms. The summed E-state index contributed by atoms with van der Waals surface area (Å²) in [7, 11) is 0. The Morgan fingerprint density at radius 3 is 3.05 bits per heavy atom. The molecule has 1 aliphatic heterocycles. The maximum Gasteiger partial charge on any atom is 0.270 e. The molecule has 20 heavy (non-hydrogen) atoms. The second-order valence-corrected chi connectivity index (χ2v) is 4.96. The molecular weight excluding hydrogens is 260 g/mol. The van der Waals surface area contributed by atoms with Crippen LogP contribution in [0.25, 0.3) is 11.4 Å². The number of non-ortho nitro benzene ring substituents is 1. The van der Waals surface area contributed by atoms with E-state index in [9.17, 15) is 10.1 Å². The highest BCUT2D eigenvalue weighted by Gasteiger charge is 2.29. The Labute approximate surface area is 115 Å². The van der Waals surface area contributed by atoms with Gasteiger partial charge in [-0.05, 0) is 18.9 Å². The average molecular weight is 274 g/mol. The van der Waals surface area contributed by atoms with Crippen molar-refractivity contribution in [3.8, 4) is 11.4 Å². The lowest BCUT2D eigenvalue weighted by molar-refractivity contribution is -0.384. The number of rotatable bonds is 3. The molecule has 2 aromatic rings. The molecule has 0 saturated carbocycles. The van der Waals surface area contributed by atoms with Gasteiger partial charge in [-0.25, -0.2) is 0 Å². The molecular formula is C13H14N4O3. The predicted octanol–water partition coefficient (Wildman–Crippen LogP) is 2.32. The van der Waals surface area contributed by atoms with E-state index in [0.29, 0.717) is 23.2 Å². The SMILES string of the molecule is CC1CCNC1c1nc(-c2cccc([N+](=O)[O-])c2)no1. The van der Waals surface area contributed by atoms with Crippen LogP contribution in [0.3, 0.4) is 0 Å². The van der Waals surface area contributed by atoms with Gasteiger partial charge >= 0.3 is 0 Å². The van der Waals surface area contributed by atoms with Crippen LogP contribution in [0.2, 0.25) is 0 Å². The van der Waals surface area contributed by atoms with E-state index in [0.717, 1.165) is 13.0 Å². The van der Waals surface area contributed by atoms with Crippen LogP contribution in [0.1, 0.15) is 25.3 Å². The van der Waals surface area contributed by atoms with Gasteiger partial charge in [-0.15, -0.1) is 0 Å². The van der Waals surface area contributed by atoms with E-state index >= 15 is 0 Å². The molecule has 0 amide bonds. The summed E-state index contributed by atoms with van der Waals surface area (Å²) in [4.78, 5) is 14.7. The van der Waals surface area contributed by atoms with Crippen molar-refractivity contribution in [1.82, 2.24) is 15.5 Å². The third-order valence-corrected chi connectivity index (χ3v) is 3.56. The summed E-state index contributed by atoms with van der Waals surface area (Å²) >= 11 is 0. The highest BCUT2D eigenvalue weighted by atomic mass is 16.6. The number of nitrogens with zero attached hydrogens (tertiary/aromatic N) is 3. The van der Waals surface area contributed by atoms with Gasteiger partial charge in [0.25, 0.3) is 5.69 Å². The monoisotopic (exact) mass is 274 g/mol. The fourth-order valence-electron chi connectivity index (χ4n) is 2.40. The fourth-order valence-corrected chi connectivity index (χ4v) is 2.40. The average Bonchev–Trinajstić information content (AvgIpc) is 3.07. The minimum Gasteiger partial charge on any atom is -0.337 e. The minimum atomic E-state index is -0.439. The molecule has 0 spiro atoms. The summed E-state index contributed by atoms with van der Waals surface area (Å²) < 4.78 is 5.28. The van der Waals surface area contributed by atoms with E-state index in [1.54, 1.807) is 12.1 Å². The first-order valence-electron chi connectivity index (χ1n) is 6.47. The standard InChI is InChI=1S/C13H14N4O3/c1-8-5-6-14-11(8)13-15-12(16-20-13)9-3-2-4-10(7-9)17(18)19/h2-4,7-8,11,14H,5-6H2,1H3. The van der Waals surface area contributed by atoms with Gasteiger partial charge in [-0.3, -0.25) is 10.1 Å². The van der Waals surface area contributed by atoms with Crippen LogP contribution in [0.15, 0.2) is 28.8 Å². The molecule has 0 aliphatic carbocycles. The van der Waals surface area contributed by atoms with Crippen LogP contribution in [0, 0.1) is 16.0 Å². The van der Waals surface area contributed by atoms with E-state index in [2.05, 4.69) is 22.4 Å². The van der Waals surface area contributed by atoms with Crippen molar-refractivity contribution in [3.05, 3.63) is 40.3 Å². The van der Waals surface area contributed by atoms with Crippen molar-refractivity contribution < 1.29 is 9.45 Å². The van der Waals surface area contributed by atoms with Crippen LogP contribution in [-0.2, 0) is 0 Å². The van der Waals surface area contributed by atoms with Crippen molar-refractivity contribution in [1.29, 1.82) is 0 Å². The van der Waals surface area contributed by atoms with E-state index in [-0.39, 0.29) is 11.7 Å². The first-order chi connectivity index (χ1) is 9.65. The number of hydrogen-bond donors (Lipinski definition) is 1. The van der Waals surface area contributed by atoms with Crippen molar-refractivity contribution in [2.45, 2.75) is 19.4 Å². The van der Waals surface area contributed by atoms with Gasteiger partial charge in [-0.1, -0.05) is 24.2 Å². The van der Waals surface area contributed by atoms with Crippen LogP contribution < -0.4 is 5.32 Å². The number of nitro groups is 1. The second kappa shape index (κ2) is 5.01. The Hall–Kier alpha value is -2.28. The topological polar surface area (TPSA) is 94.1 Å². The molecule has 1 N–H and O–H groups in total. The zero-order chi connectivity index (χ0) is 14.1. The third-order valence-electron chi connectivity index (χ3n) is 3.56. The number of benzene rings is 1. The normalized spacial score (nSPS) is 22.1. The van der Waals surface area contributed by atoms with Crippen LogP contribution >= 0.6 is 0 Å². The molecule has 0 radical (unpaired) electrons. The molecule has 2 atom stereocenters. The van der Waals surface area contributed by atoms with E-state index in [1.807, 2.05) is 0 Å². The van der Waals surface area contributed by atoms with Crippen LogP contribution in [0.5, 0.6) is 0 Å². The molecule has 3 rings (SSSR count). The molecule has 1 aromatic heterocycles. The molecule has 1 aliphatic rings. The first kappa shape index (κ1) is 12.7. The molecule has 2 unspecified atom stereocenters. The van der Waals surface area contributed by atoms with Crippen molar-refractivity contribution in [3.63, 3.8) is 0 Å². The van der Waals surface area contributed by atoms with Crippen molar-refractivity contribution >= 4 is 5.69 Å². The molecule has 1 aromatic carbocycles. The summed E-state index contributed by atoms with van der Waals surface area (Å²) in [5.74, 6) is 1.36. The smallest absolute Gasteiger partial charge is 0.270 e. The predicted molar refractivity (Wildman–Crippen MR) is 70.9 cm³/mol. The van der Waals surface area contributed by atoms with Gasteiger partial charge in [0.1, 0.15) is 0 Å². The zero-order valence-corrected chi connectivity index (χ0v) is 10.9. The van der Waals surface area contributed by atoms with Gasteiger partial charge in [0.15, 0.2) is 0 Å². The molecule has 7 nitrogen and oxygen atoms in total. The Balaban J connectivity index is 1.90. The lowest BCUT2D eigenvalue weighted by atomic mass is 10.0. The Morgan fingerprint density at radius 2 is 2.35 bits per heavy atom. The molecule has 1 saturated heterocycles. The van der Waals surface area contributed by atoms with Crippen molar-refractivity contribution in [2.75, 3.05) is 6.54 Å². The number of hydrogen-bond acceptors (Lipinski definition) is 6. The lowest BCUT2D eigenvalue weighted by Crippen LogP contribution is -2.16. The molecule has 7 heteroatoms. The first-order valence-corrected chi connectivity index (χ1v) is 6.47. The number of nitrogens with one attached hydrogen (secondary N) is 1. The summed E-state index contributed by atoms with van der Waals surface area (Å²) in [5, 5.41) is 18.0. The van der Waals surface area contributed by atoms with Gasteiger partial charge in [0.05, 0.1) is 11.0 Å². The number of aromatic nitrogens is 2. The maximum absolute atomic E-state index is 10.8. The van der Waals surface area contributed by atoms with Gasteiger partial charge in [-0.2, -0.15) is 4.98 Å². The Kier molecular flexibility index (Phi) is 3.19. The summed E-state index contributed by atoms with van der Waals surface area (Å²) in [6, 6.07) is 6.29. The Bertz CT molecular complexity index is 640. The molecule has 2 heterocycles. The largest absolute Gasteiger partial charge is 0.337 e. The molecule has 104 valence electrons. The van der Waals surface area contributed by atoms with E-state index in [4.69, 9.17) is 4.52 Å². The quantitative estimate of drug-likeness (QED) is 0.681. The summed E-state index contributed by atoms with van der Waals surface area (Å²) in [6.07, 6.45) is 1.07. The maximum atomic E-state index is 10.8. The van der Waals surface area contributed by atoms with Gasteiger partial charge < -0.3 is 9.84 Å². The van der Waals surface area contributed by atoms with Gasteiger partial charge in [0, 0.05) is 17.7 Å². The van der Waals surface area contributed by atoms with Gasteiger partial charge in [0.2, 0.25) is 11.7 Å². The van der Waals surface area contributed by atoms with Crippen LogP contribution in [0.4, 0.5) is 5.69 Å². The molecule has 1 fully saturated rings. The fraction of sp³-hybridized carbons (Fsp3) is 0.385. The number of nitro benzene ring substituents is 1. The summed E-state index contributed by atoms with van der Waals surface area (Å²) in [5.41, 5.74) is 0.598. The highest BCUT2D eigenvalue weighted by molar-refractivity contribution is 5.58. The van der Waals surface area contributed by atoms with E-state index < -0.39 is 4.92 Å². The lowest BCUT2D eigenvalue weighted by Gasteiger charge is -2.09. The summed E-state index contributed by atoms with van der Waals surface area (Å²) in [6.45, 7) is 3.06. The second-order valence-electron chi connectivity index (χ2n) is 4.96. The van der Waals surface area contributed by atoms with Crippen LogP contribution in [-0.4, -0.2) is 21.6 Å². The van der Waals surface area contributed by atoms with Crippen molar-refractivity contribution in [2.24, 2.45) is 5.92 Å².